The molecule has 1 N–H and O–H groups in total. The lowest BCUT2D eigenvalue weighted by atomic mass is 10.0. The Hall–Kier alpha value is -2.24. The quantitative estimate of drug-likeness (QED) is 0.892. The number of nitrogens with zero attached hydrogens (tertiary/aromatic N) is 2. The topological polar surface area (TPSA) is 46.9 Å². The van der Waals surface area contributed by atoms with E-state index in [9.17, 15) is 13.6 Å². The highest BCUT2D eigenvalue weighted by Crippen LogP contribution is 2.21. The number of benzene rings is 1. The molecular weight excluding hydrogens is 288 g/mol. The number of amides is 1. The van der Waals surface area contributed by atoms with Gasteiger partial charge in [-0.15, -0.1) is 0 Å². The fraction of sp³-hybridized carbons (Fsp3) is 0.375. The number of aromatic nitrogens is 2. The van der Waals surface area contributed by atoms with Gasteiger partial charge in [-0.05, 0) is 36.6 Å². The van der Waals surface area contributed by atoms with Crippen molar-refractivity contribution in [3.05, 3.63) is 53.4 Å². The fourth-order valence-corrected chi connectivity index (χ4v) is 2.31. The fourth-order valence-electron chi connectivity index (χ4n) is 2.31. The summed E-state index contributed by atoms with van der Waals surface area (Å²) in [6, 6.07) is 2.74. The van der Waals surface area contributed by atoms with Crippen molar-refractivity contribution in [3.8, 4) is 0 Å². The number of carbonyl (C=O) groups excluding carboxylic acids is 1. The van der Waals surface area contributed by atoms with Crippen molar-refractivity contribution in [1.29, 1.82) is 0 Å². The normalized spacial score (nSPS) is 12.2. The van der Waals surface area contributed by atoms with Gasteiger partial charge in [0.1, 0.15) is 11.6 Å². The van der Waals surface area contributed by atoms with Crippen LogP contribution in [0.15, 0.2) is 30.6 Å². The lowest BCUT2D eigenvalue weighted by Crippen LogP contribution is -2.29. The Labute approximate surface area is 128 Å². The number of hydrogen-bond acceptors (Lipinski definition) is 2. The van der Waals surface area contributed by atoms with Crippen molar-refractivity contribution in [2.75, 3.05) is 0 Å². The summed E-state index contributed by atoms with van der Waals surface area (Å²) in [6.07, 6.45) is 4.87. The summed E-state index contributed by atoms with van der Waals surface area (Å²) in [6.45, 7) is 1.82. The van der Waals surface area contributed by atoms with Crippen LogP contribution in [0.3, 0.4) is 0 Å². The molecule has 1 atom stereocenters. The number of hydrogen-bond donors (Lipinski definition) is 1. The Morgan fingerprint density at radius 1 is 1.41 bits per heavy atom. The lowest BCUT2D eigenvalue weighted by Gasteiger charge is -2.18. The van der Waals surface area contributed by atoms with E-state index in [2.05, 4.69) is 10.4 Å². The first-order valence-electron chi connectivity index (χ1n) is 7.21. The van der Waals surface area contributed by atoms with Gasteiger partial charge in [-0.3, -0.25) is 9.48 Å². The number of rotatable bonds is 6. The largest absolute Gasteiger partial charge is 0.349 e. The van der Waals surface area contributed by atoms with Gasteiger partial charge < -0.3 is 5.32 Å². The van der Waals surface area contributed by atoms with Gasteiger partial charge in [-0.2, -0.15) is 5.10 Å². The van der Waals surface area contributed by atoms with E-state index < -0.39 is 17.7 Å². The molecule has 0 spiro atoms. The molecule has 0 aliphatic carbocycles. The molecule has 118 valence electrons. The molecular formula is C16H19F2N3O. The molecule has 4 nitrogen and oxygen atoms in total. The minimum atomic E-state index is -0.530. The molecule has 6 heteroatoms. The average molecular weight is 307 g/mol. The van der Waals surface area contributed by atoms with Crippen molar-refractivity contribution < 1.29 is 13.6 Å². The van der Waals surface area contributed by atoms with Crippen molar-refractivity contribution in [2.45, 2.75) is 32.2 Å². The van der Waals surface area contributed by atoms with E-state index in [1.54, 1.807) is 10.9 Å². The number of aryl methyl sites for hydroxylation is 2. The molecule has 2 rings (SSSR count). The zero-order chi connectivity index (χ0) is 16.1. The smallest absolute Gasteiger partial charge is 0.220 e. The molecule has 0 fully saturated rings. The number of carbonyl (C=O) groups is 1. The van der Waals surface area contributed by atoms with Gasteiger partial charge in [-0.1, -0.05) is 6.92 Å². The van der Waals surface area contributed by atoms with Crippen LogP contribution in [0.1, 0.15) is 36.9 Å². The molecule has 1 amide bonds. The first-order valence-corrected chi connectivity index (χ1v) is 7.21. The summed E-state index contributed by atoms with van der Waals surface area (Å²) >= 11 is 0. The Balaban J connectivity index is 1.97. The summed E-state index contributed by atoms with van der Waals surface area (Å²) < 4.78 is 28.7. The van der Waals surface area contributed by atoms with Crippen LogP contribution >= 0.6 is 0 Å². The molecule has 22 heavy (non-hydrogen) atoms. The molecule has 1 aromatic carbocycles. The van der Waals surface area contributed by atoms with Gasteiger partial charge in [0.2, 0.25) is 5.91 Å². The maximum Gasteiger partial charge on any atom is 0.220 e. The van der Waals surface area contributed by atoms with Gasteiger partial charge in [-0.25, -0.2) is 8.78 Å². The molecule has 0 aliphatic rings. The third-order valence-electron chi connectivity index (χ3n) is 3.48. The second kappa shape index (κ2) is 7.15. The van der Waals surface area contributed by atoms with Gasteiger partial charge in [0.05, 0.1) is 12.2 Å². The standard InChI is InChI=1S/C16H19F2N3O/c1-3-15(13-8-12(17)5-6-14(13)18)20-16(22)7-4-11-9-19-21(2)10-11/h5-6,8-10,15H,3-4,7H2,1-2H3,(H,20,22)/t15-/m1/s1. The van der Waals surface area contributed by atoms with Crippen molar-refractivity contribution in [2.24, 2.45) is 7.05 Å². The van der Waals surface area contributed by atoms with E-state index in [-0.39, 0.29) is 17.9 Å². The van der Waals surface area contributed by atoms with E-state index in [0.717, 1.165) is 23.8 Å². The molecule has 0 unspecified atom stereocenters. The second-order valence-electron chi connectivity index (χ2n) is 5.22. The van der Waals surface area contributed by atoms with Crippen LogP contribution in [0, 0.1) is 11.6 Å². The number of nitrogens with one attached hydrogen (secondary N) is 1. The SMILES string of the molecule is CC[C@@H](NC(=O)CCc1cnn(C)c1)c1cc(F)ccc1F. The minimum absolute atomic E-state index is 0.178. The van der Waals surface area contributed by atoms with Crippen molar-refractivity contribution in [3.63, 3.8) is 0 Å². The summed E-state index contributed by atoms with van der Waals surface area (Å²) in [4.78, 5) is 12.0. The molecule has 0 aliphatic heterocycles. The molecule has 0 saturated heterocycles. The Morgan fingerprint density at radius 3 is 2.82 bits per heavy atom. The Kier molecular flexibility index (Phi) is 5.25. The predicted molar refractivity (Wildman–Crippen MR) is 79.1 cm³/mol. The van der Waals surface area contributed by atoms with Crippen LogP contribution < -0.4 is 5.32 Å². The lowest BCUT2D eigenvalue weighted by molar-refractivity contribution is -0.121. The third-order valence-corrected chi connectivity index (χ3v) is 3.48. The van der Waals surface area contributed by atoms with Crippen LogP contribution in [0.5, 0.6) is 0 Å². The molecule has 1 aromatic heterocycles. The van der Waals surface area contributed by atoms with Crippen molar-refractivity contribution in [1.82, 2.24) is 15.1 Å². The van der Waals surface area contributed by atoms with Gasteiger partial charge >= 0.3 is 0 Å². The molecule has 0 saturated carbocycles. The van der Waals surface area contributed by atoms with Crippen LogP contribution in [-0.2, 0) is 18.3 Å². The van der Waals surface area contributed by atoms with Crippen LogP contribution in [-0.4, -0.2) is 15.7 Å². The van der Waals surface area contributed by atoms with Crippen LogP contribution in [0.25, 0.3) is 0 Å². The highest BCUT2D eigenvalue weighted by molar-refractivity contribution is 5.76. The highest BCUT2D eigenvalue weighted by atomic mass is 19.1. The van der Waals surface area contributed by atoms with E-state index in [1.807, 2.05) is 20.2 Å². The summed E-state index contributed by atoms with van der Waals surface area (Å²) in [5.41, 5.74) is 1.14. The molecule has 0 radical (unpaired) electrons. The summed E-state index contributed by atoms with van der Waals surface area (Å²) in [7, 11) is 1.81. The molecule has 2 aromatic rings. The zero-order valence-corrected chi connectivity index (χ0v) is 12.6. The first kappa shape index (κ1) is 16.1. The van der Waals surface area contributed by atoms with Crippen LogP contribution in [0.2, 0.25) is 0 Å². The van der Waals surface area contributed by atoms with E-state index in [4.69, 9.17) is 0 Å². The molecule has 1 heterocycles. The average Bonchev–Trinajstić information content (AvgIpc) is 2.91. The third kappa shape index (κ3) is 4.13. The Bertz CT molecular complexity index is 655. The minimum Gasteiger partial charge on any atom is -0.349 e. The summed E-state index contributed by atoms with van der Waals surface area (Å²) in [5, 5.41) is 6.79. The highest BCUT2D eigenvalue weighted by Gasteiger charge is 2.17. The van der Waals surface area contributed by atoms with E-state index in [0.29, 0.717) is 12.8 Å². The van der Waals surface area contributed by atoms with Gasteiger partial charge in [0, 0.05) is 25.2 Å². The van der Waals surface area contributed by atoms with Gasteiger partial charge in [0.25, 0.3) is 0 Å². The van der Waals surface area contributed by atoms with Crippen molar-refractivity contribution >= 4 is 5.91 Å². The second-order valence-corrected chi connectivity index (χ2v) is 5.22. The maximum atomic E-state index is 13.8. The number of halogens is 2. The van der Waals surface area contributed by atoms with E-state index in [1.165, 1.54) is 0 Å². The van der Waals surface area contributed by atoms with Crippen LogP contribution in [0.4, 0.5) is 8.78 Å². The molecule has 0 bridgehead atoms. The maximum absolute atomic E-state index is 13.8. The monoisotopic (exact) mass is 307 g/mol. The zero-order valence-electron chi connectivity index (χ0n) is 12.6. The van der Waals surface area contributed by atoms with Gasteiger partial charge in [0.15, 0.2) is 0 Å². The predicted octanol–water partition coefficient (Wildman–Crippen LogP) is 2.90. The first-order chi connectivity index (χ1) is 10.5. The van der Waals surface area contributed by atoms with E-state index >= 15 is 0 Å². The Morgan fingerprint density at radius 2 is 2.18 bits per heavy atom. The summed E-state index contributed by atoms with van der Waals surface area (Å²) in [5.74, 6) is -1.22.